The lowest BCUT2D eigenvalue weighted by molar-refractivity contribution is 0.404. The summed E-state index contributed by atoms with van der Waals surface area (Å²) < 4.78 is 3.09. The van der Waals surface area contributed by atoms with Gasteiger partial charge in [0.1, 0.15) is 5.56 Å². The van der Waals surface area contributed by atoms with Crippen molar-refractivity contribution in [3.05, 3.63) is 142 Å². The summed E-state index contributed by atoms with van der Waals surface area (Å²) in [6.45, 7) is 10.3. The Hall–Kier alpha value is -4.68. The van der Waals surface area contributed by atoms with Crippen LogP contribution in [-0.2, 0) is 6.54 Å². The number of aromatic nitrogens is 2. The van der Waals surface area contributed by atoms with E-state index in [0.717, 1.165) is 34.6 Å². The normalized spacial score (nSPS) is 14.4. The molecule has 1 aromatic heterocycles. The molecule has 0 spiro atoms. The highest BCUT2D eigenvalue weighted by atomic mass is 32.1. The monoisotopic (exact) mass is 573 g/mol. The number of aromatic hydroxyl groups is 1. The van der Waals surface area contributed by atoms with E-state index in [0.29, 0.717) is 12.1 Å². The van der Waals surface area contributed by atoms with Gasteiger partial charge in [-0.05, 0) is 84.1 Å². The molecule has 1 heterocycles. The number of nitrogens with zero attached hydrogens (tertiary/aromatic N) is 3. The third-order valence-electron chi connectivity index (χ3n) is 7.35. The first kappa shape index (κ1) is 28.8. The van der Waals surface area contributed by atoms with E-state index in [2.05, 4.69) is 86.0 Å². The minimum Gasteiger partial charge on any atom is -0.494 e. The summed E-state index contributed by atoms with van der Waals surface area (Å²) in [5.41, 5.74) is 5.68. The summed E-state index contributed by atoms with van der Waals surface area (Å²) in [5, 5.41) is 11.1. The molecule has 1 aliphatic rings. The molecule has 0 aliphatic heterocycles. The molecule has 1 aliphatic carbocycles. The lowest BCUT2D eigenvalue weighted by Crippen LogP contribution is -2.26. The van der Waals surface area contributed by atoms with Gasteiger partial charge in [0, 0.05) is 29.8 Å². The maximum Gasteiger partial charge on any atom is 0.270 e. The summed E-state index contributed by atoms with van der Waals surface area (Å²) in [6, 6.07) is 29.1. The van der Waals surface area contributed by atoms with E-state index in [1.807, 2.05) is 55.5 Å². The Bertz CT molecular complexity index is 1770. The van der Waals surface area contributed by atoms with E-state index in [1.165, 1.54) is 10.8 Å². The number of hydrogen-bond donors (Lipinski definition) is 1. The van der Waals surface area contributed by atoms with Crippen LogP contribution in [0.4, 0.5) is 17.1 Å². The summed E-state index contributed by atoms with van der Waals surface area (Å²) in [5.74, 6) is -0.119. The predicted molar refractivity (Wildman–Crippen MR) is 178 cm³/mol. The molecule has 0 saturated carbocycles. The minimum atomic E-state index is -0.377. The second-order valence-corrected chi connectivity index (χ2v) is 11.4. The van der Waals surface area contributed by atoms with Crippen LogP contribution in [0, 0.1) is 10.2 Å². The van der Waals surface area contributed by atoms with Crippen LogP contribution < -0.4 is 10.5 Å². The first-order valence-corrected chi connectivity index (χ1v) is 14.5. The van der Waals surface area contributed by atoms with Gasteiger partial charge in [0.15, 0.2) is 4.77 Å². The van der Waals surface area contributed by atoms with Crippen molar-refractivity contribution in [3.8, 4) is 5.88 Å². The van der Waals surface area contributed by atoms with Crippen molar-refractivity contribution in [2.45, 2.75) is 33.7 Å². The maximum atomic E-state index is 13.4. The van der Waals surface area contributed by atoms with Crippen molar-refractivity contribution in [2.75, 3.05) is 4.90 Å². The molecule has 0 unspecified atom stereocenters. The van der Waals surface area contributed by atoms with Gasteiger partial charge in [-0.1, -0.05) is 93.3 Å². The van der Waals surface area contributed by atoms with Gasteiger partial charge in [0.25, 0.3) is 5.56 Å². The second kappa shape index (κ2) is 12.0. The molecule has 0 bridgehead atoms. The maximum absolute atomic E-state index is 13.4. The molecule has 5 nitrogen and oxygen atoms in total. The van der Waals surface area contributed by atoms with Crippen molar-refractivity contribution in [3.63, 3.8) is 0 Å². The summed E-state index contributed by atoms with van der Waals surface area (Å²) in [7, 11) is 0. The Morgan fingerprint density at radius 3 is 2.05 bits per heavy atom. The molecule has 6 heteroatoms. The van der Waals surface area contributed by atoms with Crippen molar-refractivity contribution in [2.24, 2.45) is 5.41 Å². The second-order valence-electron chi connectivity index (χ2n) is 11.0. The zero-order valence-corrected chi connectivity index (χ0v) is 25.0. The Kier molecular flexibility index (Phi) is 8.27. The fourth-order valence-electron chi connectivity index (χ4n) is 5.44. The van der Waals surface area contributed by atoms with Crippen molar-refractivity contribution in [1.82, 2.24) is 9.13 Å². The first-order chi connectivity index (χ1) is 20.2. The molecule has 0 radical (unpaired) electrons. The van der Waals surface area contributed by atoms with Crippen LogP contribution in [0.2, 0.25) is 0 Å². The van der Waals surface area contributed by atoms with Crippen molar-refractivity contribution in [1.29, 1.82) is 0 Å². The molecule has 42 heavy (non-hydrogen) atoms. The smallest absolute Gasteiger partial charge is 0.270 e. The van der Waals surface area contributed by atoms with Gasteiger partial charge in [-0.15, -0.1) is 0 Å². The molecule has 0 atom stereocenters. The molecule has 3 aromatic carbocycles. The number of anilines is 3. The average Bonchev–Trinajstić information content (AvgIpc) is 2.98. The fourth-order valence-corrected chi connectivity index (χ4v) is 5.81. The predicted octanol–water partition coefficient (Wildman–Crippen LogP) is 9.13. The Balaban J connectivity index is 1.48. The van der Waals surface area contributed by atoms with Crippen molar-refractivity contribution < 1.29 is 5.11 Å². The molecular formula is C36H35N3O2S. The molecule has 212 valence electrons. The topological polar surface area (TPSA) is 50.4 Å². The van der Waals surface area contributed by atoms with Crippen molar-refractivity contribution >= 4 is 47.1 Å². The minimum absolute atomic E-state index is 0.119. The fraction of sp³-hybridized carbons (Fsp3) is 0.167. The molecule has 0 amide bonds. The summed E-state index contributed by atoms with van der Waals surface area (Å²) in [6.07, 6.45) is 10.4. The van der Waals surface area contributed by atoms with Gasteiger partial charge in [-0.3, -0.25) is 13.9 Å². The zero-order valence-electron chi connectivity index (χ0n) is 24.2. The van der Waals surface area contributed by atoms with Crippen LogP contribution in [0.5, 0.6) is 5.88 Å². The molecule has 0 saturated heterocycles. The average molecular weight is 574 g/mol. The van der Waals surface area contributed by atoms with E-state index in [4.69, 9.17) is 12.2 Å². The van der Waals surface area contributed by atoms with Crippen LogP contribution in [0.1, 0.15) is 38.3 Å². The zero-order chi connectivity index (χ0) is 29.9. The Labute approximate surface area is 252 Å². The first-order valence-electron chi connectivity index (χ1n) is 14.1. The van der Waals surface area contributed by atoms with Crippen LogP contribution in [-0.4, -0.2) is 14.2 Å². The SMILES string of the molecule is C=Cn1c(=O)c(C2=CC(C)(C)CC(/C=C/c3ccc(N(c4ccccc4)c4ccccc4)cc3)=C2)c(O)n(CC)c1=S. The highest BCUT2D eigenvalue weighted by Crippen LogP contribution is 2.39. The number of benzene rings is 3. The van der Waals surface area contributed by atoms with Crippen LogP contribution in [0.15, 0.2) is 120 Å². The molecule has 5 rings (SSSR count). The van der Waals surface area contributed by atoms with Gasteiger partial charge >= 0.3 is 0 Å². The van der Waals surface area contributed by atoms with E-state index in [1.54, 1.807) is 4.57 Å². The summed E-state index contributed by atoms with van der Waals surface area (Å²) in [4.78, 5) is 15.6. The number of para-hydroxylation sites is 2. The lowest BCUT2D eigenvalue weighted by atomic mass is 9.78. The van der Waals surface area contributed by atoms with Gasteiger partial charge < -0.3 is 10.0 Å². The van der Waals surface area contributed by atoms with E-state index >= 15 is 0 Å². The van der Waals surface area contributed by atoms with Gasteiger partial charge in [-0.2, -0.15) is 0 Å². The van der Waals surface area contributed by atoms with Crippen LogP contribution in [0.3, 0.4) is 0 Å². The highest BCUT2D eigenvalue weighted by Gasteiger charge is 2.26. The van der Waals surface area contributed by atoms with Gasteiger partial charge in [0.2, 0.25) is 5.88 Å². The van der Waals surface area contributed by atoms with Gasteiger partial charge in [0.05, 0.1) is 0 Å². The van der Waals surface area contributed by atoms with E-state index in [-0.39, 0.29) is 27.2 Å². The van der Waals surface area contributed by atoms with Crippen LogP contribution in [0.25, 0.3) is 17.8 Å². The third-order valence-corrected chi connectivity index (χ3v) is 7.77. The highest BCUT2D eigenvalue weighted by molar-refractivity contribution is 7.71. The van der Waals surface area contributed by atoms with Gasteiger partial charge in [-0.25, -0.2) is 0 Å². The summed E-state index contributed by atoms with van der Waals surface area (Å²) >= 11 is 5.42. The lowest BCUT2D eigenvalue weighted by Gasteiger charge is -2.27. The molecule has 0 fully saturated rings. The number of allylic oxidation sites excluding steroid dienone is 5. The Morgan fingerprint density at radius 2 is 1.50 bits per heavy atom. The third kappa shape index (κ3) is 5.85. The molecule has 1 N–H and O–H groups in total. The molecule has 4 aromatic rings. The van der Waals surface area contributed by atoms with Crippen LogP contribution >= 0.6 is 12.2 Å². The Morgan fingerprint density at radius 1 is 0.929 bits per heavy atom. The van der Waals surface area contributed by atoms with E-state index < -0.39 is 0 Å². The standard InChI is InChI=1S/C36H35N3O2S/c1-5-37-33(40)32(34(41)38(6-2)35(37)42)28-23-27(24-36(3,4)25-28)18-17-26-19-21-31(22-20-26)39(29-13-9-7-10-14-29)30-15-11-8-12-16-30/h5,7-23,25,41H,1,6,24H2,2-4H3/b18-17+. The quantitative estimate of drug-likeness (QED) is 0.214. The largest absolute Gasteiger partial charge is 0.494 e. The number of hydrogen-bond acceptors (Lipinski definition) is 4. The van der Waals surface area contributed by atoms with E-state index in [9.17, 15) is 9.90 Å². The molecular weight excluding hydrogens is 538 g/mol. The number of rotatable bonds is 8.